The van der Waals surface area contributed by atoms with Gasteiger partial charge in [-0.3, -0.25) is 4.90 Å². The topological polar surface area (TPSA) is 12.5 Å². The Hall–Kier alpha value is -0.380. The van der Waals surface area contributed by atoms with Crippen molar-refractivity contribution < 1.29 is 4.74 Å². The lowest BCUT2D eigenvalue weighted by Crippen LogP contribution is -2.40. The second-order valence-electron chi connectivity index (χ2n) is 3.50. The van der Waals surface area contributed by atoms with Crippen LogP contribution in [0.3, 0.4) is 0 Å². The molecule has 0 aromatic carbocycles. The molecular formula is C10H15NOS. The quantitative estimate of drug-likeness (QED) is 0.718. The summed E-state index contributed by atoms with van der Waals surface area (Å²) in [6.07, 6.45) is 0.397. The van der Waals surface area contributed by atoms with Crippen molar-refractivity contribution >= 4 is 11.3 Å². The van der Waals surface area contributed by atoms with Crippen molar-refractivity contribution in [3.8, 4) is 0 Å². The molecule has 0 saturated carbocycles. The highest BCUT2D eigenvalue weighted by atomic mass is 32.1. The molecule has 0 spiro atoms. The first kappa shape index (κ1) is 9.19. The second-order valence-corrected chi connectivity index (χ2v) is 4.53. The Morgan fingerprint density at radius 2 is 2.62 bits per heavy atom. The van der Waals surface area contributed by atoms with Gasteiger partial charge in [0.25, 0.3) is 0 Å². The first-order chi connectivity index (χ1) is 6.34. The van der Waals surface area contributed by atoms with E-state index in [1.165, 1.54) is 4.88 Å². The average molecular weight is 197 g/mol. The molecule has 0 unspecified atom stereocenters. The maximum absolute atomic E-state index is 5.49. The highest BCUT2D eigenvalue weighted by Crippen LogP contribution is 2.14. The maximum Gasteiger partial charge on any atom is 0.0674 e. The maximum atomic E-state index is 5.49. The molecule has 2 nitrogen and oxygen atoms in total. The summed E-state index contributed by atoms with van der Waals surface area (Å²) in [6, 6.07) is 4.31. The molecule has 1 aromatic rings. The summed E-state index contributed by atoms with van der Waals surface area (Å²) in [7, 11) is 0. The van der Waals surface area contributed by atoms with Gasteiger partial charge in [0.1, 0.15) is 0 Å². The molecule has 0 bridgehead atoms. The van der Waals surface area contributed by atoms with Gasteiger partial charge in [0.2, 0.25) is 0 Å². The van der Waals surface area contributed by atoms with E-state index in [1.54, 1.807) is 0 Å². The molecule has 1 fully saturated rings. The van der Waals surface area contributed by atoms with Crippen LogP contribution < -0.4 is 0 Å². The van der Waals surface area contributed by atoms with Crippen LogP contribution in [0.4, 0.5) is 0 Å². The van der Waals surface area contributed by atoms with Gasteiger partial charge in [-0.1, -0.05) is 6.07 Å². The van der Waals surface area contributed by atoms with Gasteiger partial charge in [-0.25, -0.2) is 0 Å². The van der Waals surface area contributed by atoms with Gasteiger partial charge in [-0.05, 0) is 18.4 Å². The summed E-state index contributed by atoms with van der Waals surface area (Å²) >= 11 is 1.84. The molecule has 0 radical (unpaired) electrons. The summed E-state index contributed by atoms with van der Waals surface area (Å²) in [5.74, 6) is 0. The summed E-state index contributed by atoms with van der Waals surface area (Å²) in [5.41, 5.74) is 0. The summed E-state index contributed by atoms with van der Waals surface area (Å²) in [6.45, 7) is 6.25. The van der Waals surface area contributed by atoms with E-state index in [4.69, 9.17) is 4.74 Å². The Morgan fingerprint density at radius 3 is 3.31 bits per heavy atom. The summed E-state index contributed by atoms with van der Waals surface area (Å²) < 4.78 is 5.49. The molecule has 2 rings (SSSR count). The zero-order valence-electron chi connectivity index (χ0n) is 7.90. The summed E-state index contributed by atoms with van der Waals surface area (Å²) in [5, 5.41) is 2.14. The highest BCUT2D eigenvalue weighted by molar-refractivity contribution is 7.09. The molecule has 1 atom stereocenters. The van der Waals surface area contributed by atoms with E-state index < -0.39 is 0 Å². The van der Waals surface area contributed by atoms with Crippen molar-refractivity contribution in [2.45, 2.75) is 19.6 Å². The molecule has 1 aromatic heterocycles. The molecule has 0 N–H and O–H groups in total. The van der Waals surface area contributed by atoms with Gasteiger partial charge in [-0.2, -0.15) is 0 Å². The molecule has 2 heterocycles. The number of ether oxygens (including phenoxy) is 1. The smallest absolute Gasteiger partial charge is 0.0674 e. The Bertz CT molecular complexity index is 247. The Labute approximate surface area is 83.1 Å². The van der Waals surface area contributed by atoms with Crippen LogP contribution in [0.15, 0.2) is 17.5 Å². The van der Waals surface area contributed by atoms with Crippen LogP contribution in [0.25, 0.3) is 0 Å². The molecule has 1 aliphatic heterocycles. The zero-order chi connectivity index (χ0) is 9.10. The van der Waals surface area contributed by atoms with E-state index in [1.807, 2.05) is 11.3 Å². The number of hydrogen-bond acceptors (Lipinski definition) is 3. The van der Waals surface area contributed by atoms with Crippen LogP contribution >= 0.6 is 11.3 Å². The first-order valence-electron chi connectivity index (χ1n) is 4.71. The van der Waals surface area contributed by atoms with E-state index >= 15 is 0 Å². The number of rotatable bonds is 2. The van der Waals surface area contributed by atoms with Crippen LogP contribution in [0, 0.1) is 0 Å². The minimum Gasteiger partial charge on any atom is -0.376 e. The molecular weight excluding hydrogens is 182 g/mol. The van der Waals surface area contributed by atoms with Crippen LogP contribution in [0.2, 0.25) is 0 Å². The third kappa shape index (κ3) is 2.53. The van der Waals surface area contributed by atoms with Gasteiger partial charge in [-0.15, -0.1) is 11.3 Å². The van der Waals surface area contributed by atoms with Gasteiger partial charge in [0.05, 0.1) is 12.7 Å². The largest absolute Gasteiger partial charge is 0.376 e. The van der Waals surface area contributed by atoms with E-state index in [9.17, 15) is 0 Å². The lowest BCUT2D eigenvalue weighted by molar-refractivity contribution is -0.0208. The summed E-state index contributed by atoms with van der Waals surface area (Å²) in [4.78, 5) is 3.91. The normalized spacial score (nSPS) is 24.8. The van der Waals surface area contributed by atoms with Crippen molar-refractivity contribution in [3.63, 3.8) is 0 Å². The fourth-order valence-electron chi connectivity index (χ4n) is 1.66. The fourth-order valence-corrected chi connectivity index (χ4v) is 2.40. The Balaban J connectivity index is 1.87. The van der Waals surface area contributed by atoms with Gasteiger partial charge in [0, 0.05) is 24.5 Å². The van der Waals surface area contributed by atoms with Crippen molar-refractivity contribution in [1.29, 1.82) is 0 Å². The standard InChI is InChI=1S/C10H15NOS/c1-9-7-11(4-5-12-9)8-10-3-2-6-13-10/h2-3,6,9H,4-5,7-8H2,1H3/t9-/m0/s1. The van der Waals surface area contributed by atoms with E-state index in [-0.39, 0.29) is 0 Å². The van der Waals surface area contributed by atoms with E-state index in [2.05, 4.69) is 29.3 Å². The van der Waals surface area contributed by atoms with Crippen molar-refractivity contribution in [3.05, 3.63) is 22.4 Å². The van der Waals surface area contributed by atoms with Crippen molar-refractivity contribution in [2.24, 2.45) is 0 Å². The van der Waals surface area contributed by atoms with Gasteiger partial charge < -0.3 is 4.74 Å². The molecule has 13 heavy (non-hydrogen) atoms. The lowest BCUT2D eigenvalue weighted by Gasteiger charge is -2.30. The minimum absolute atomic E-state index is 0.397. The Kier molecular flexibility index (Phi) is 2.98. The van der Waals surface area contributed by atoms with E-state index in [0.29, 0.717) is 6.10 Å². The third-order valence-electron chi connectivity index (χ3n) is 2.28. The average Bonchev–Trinajstić information content (AvgIpc) is 2.57. The first-order valence-corrected chi connectivity index (χ1v) is 5.59. The second kappa shape index (κ2) is 4.22. The van der Waals surface area contributed by atoms with Crippen LogP contribution in [-0.2, 0) is 11.3 Å². The van der Waals surface area contributed by atoms with Crippen LogP contribution in [0.5, 0.6) is 0 Å². The predicted molar refractivity (Wildman–Crippen MR) is 55.0 cm³/mol. The van der Waals surface area contributed by atoms with Gasteiger partial charge >= 0.3 is 0 Å². The Morgan fingerprint density at radius 1 is 1.69 bits per heavy atom. The van der Waals surface area contributed by atoms with Crippen molar-refractivity contribution in [1.82, 2.24) is 4.90 Å². The van der Waals surface area contributed by atoms with Crippen LogP contribution in [-0.4, -0.2) is 30.7 Å². The number of hydrogen-bond donors (Lipinski definition) is 0. The van der Waals surface area contributed by atoms with E-state index in [0.717, 1.165) is 26.2 Å². The molecule has 72 valence electrons. The van der Waals surface area contributed by atoms with Crippen LogP contribution in [0.1, 0.15) is 11.8 Å². The molecule has 3 heteroatoms. The third-order valence-corrected chi connectivity index (χ3v) is 3.15. The minimum atomic E-state index is 0.397. The molecule has 0 aliphatic carbocycles. The van der Waals surface area contributed by atoms with Gasteiger partial charge in [0.15, 0.2) is 0 Å². The number of thiophene rings is 1. The fraction of sp³-hybridized carbons (Fsp3) is 0.600. The van der Waals surface area contributed by atoms with Crippen molar-refractivity contribution in [2.75, 3.05) is 19.7 Å². The predicted octanol–water partition coefficient (Wildman–Crippen LogP) is 1.97. The highest BCUT2D eigenvalue weighted by Gasteiger charge is 2.16. The monoisotopic (exact) mass is 197 g/mol. The number of morpholine rings is 1. The molecule has 0 amide bonds. The molecule has 1 aliphatic rings. The lowest BCUT2D eigenvalue weighted by atomic mass is 10.3. The SMILES string of the molecule is C[C@H]1CN(Cc2cccs2)CCO1. The zero-order valence-corrected chi connectivity index (χ0v) is 8.72. The number of nitrogens with zero attached hydrogens (tertiary/aromatic N) is 1. The molecule has 1 saturated heterocycles.